The first kappa shape index (κ1) is 16.7. The summed E-state index contributed by atoms with van der Waals surface area (Å²) in [4.78, 5) is 22.6. The van der Waals surface area contributed by atoms with Gasteiger partial charge in [0.1, 0.15) is 4.83 Å². The van der Waals surface area contributed by atoms with Crippen LogP contribution in [-0.2, 0) is 0 Å². The van der Waals surface area contributed by atoms with Gasteiger partial charge in [-0.15, -0.1) is 11.3 Å². The van der Waals surface area contributed by atoms with Crippen LogP contribution in [0.4, 0.5) is 0 Å². The first-order valence-corrected chi connectivity index (χ1v) is 11.1. The lowest BCUT2D eigenvalue weighted by atomic mass is 9.73. The van der Waals surface area contributed by atoms with Gasteiger partial charge in [-0.1, -0.05) is 38.5 Å². The van der Waals surface area contributed by atoms with Crippen LogP contribution >= 0.6 is 11.3 Å². The molecule has 3 aliphatic rings. The highest BCUT2D eigenvalue weighted by Gasteiger charge is 2.75. The Kier molecular flexibility index (Phi) is 3.72. The summed E-state index contributed by atoms with van der Waals surface area (Å²) in [6.07, 6.45) is 12.7. The van der Waals surface area contributed by atoms with Crippen molar-refractivity contribution in [2.24, 2.45) is 0 Å². The number of aromatic nitrogens is 1. The van der Waals surface area contributed by atoms with E-state index < -0.39 is 0 Å². The van der Waals surface area contributed by atoms with E-state index in [2.05, 4.69) is 28.9 Å². The maximum Gasteiger partial charge on any atom is 0.265 e. The number of hydrogen-bond acceptors (Lipinski definition) is 3. The predicted octanol–water partition coefficient (Wildman–Crippen LogP) is 5.77. The Bertz CT molecular complexity index is 848. The van der Waals surface area contributed by atoms with Gasteiger partial charge < -0.3 is 4.90 Å². The van der Waals surface area contributed by atoms with E-state index >= 15 is 0 Å². The monoisotopic (exact) mass is 368 g/mol. The number of carbonyl (C=O) groups excluding carboxylic acids is 1. The Morgan fingerprint density at radius 2 is 1.54 bits per heavy atom. The molecule has 3 fully saturated rings. The number of aryl methyl sites for hydroxylation is 2. The molecule has 4 heteroatoms. The Morgan fingerprint density at radius 3 is 2.12 bits per heavy atom. The highest BCUT2D eigenvalue weighted by atomic mass is 32.1. The topological polar surface area (TPSA) is 33.0 Å². The fraction of sp³-hybridized carbons (Fsp3) is 0.636. The predicted molar refractivity (Wildman–Crippen MR) is 107 cm³/mol. The molecule has 0 N–H and O–H groups in total. The molecule has 26 heavy (non-hydrogen) atoms. The zero-order valence-corrected chi connectivity index (χ0v) is 16.8. The van der Waals surface area contributed by atoms with Crippen LogP contribution in [0, 0.1) is 13.8 Å². The van der Waals surface area contributed by atoms with Gasteiger partial charge in [0.15, 0.2) is 0 Å². The van der Waals surface area contributed by atoms with E-state index in [4.69, 9.17) is 0 Å². The number of nitrogens with zero attached hydrogens (tertiary/aromatic N) is 2. The molecule has 0 unspecified atom stereocenters. The van der Waals surface area contributed by atoms with Gasteiger partial charge in [-0.3, -0.25) is 4.79 Å². The molecule has 0 bridgehead atoms. The van der Waals surface area contributed by atoms with Gasteiger partial charge in [-0.05, 0) is 57.2 Å². The second kappa shape index (κ2) is 5.79. The van der Waals surface area contributed by atoms with Gasteiger partial charge in [-0.2, -0.15) is 0 Å². The Morgan fingerprint density at radius 1 is 0.962 bits per heavy atom. The second-order valence-electron chi connectivity index (χ2n) is 8.74. The number of hydrogen-bond donors (Lipinski definition) is 0. The molecular formula is C22H28N2OS. The molecular weight excluding hydrogens is 340 g/mol. The molecule has 1 amide bonds. The van der Waals surface area contributed by atoms with Gasteiger partial charge in [0.25, 0.3) is 5.91 Å². The van der Waals surface area contributed by atoms with Crippen molar-refractivity contribution in [2.75, 3.05) is 0 Å². The second-order valence-corrected chi connectivity index (χ2v) is 9.77. The van der Waals surface area contributed by atoms with Crippen molar-refractivity contribution >= 4 is 27.5 Å². The number of fused-ring (bicyclic) bond motifs is 2. The molecule has 2 saturated carbocycles. The minimum Gasteiger partial charge on any atom is -0.322 e. The van der Waals surface area contributed by atoms with E-state index in [-0.39, 0.29) is 17.0 Å². The Labute approximate surface area is 159 Å². The Hall–Kier alpha value is -1.42. The van der Waals surface area contributed by atoms with Gasteiger partial charge in [0, 0.05) is 11.1 Å². The van der Waals surface area contributed by atoms with Crippen LogP contribution in [0.15, 0.2) is 12.1 Å². The van der Waals surface area contributed by atoms with E-state index in [1.165, 1.54) is 69.8 Å². The summed E-state index contributed by atoms with van der Waals surface area (Å²) in [5.41, 5.74) is 2.62. The third kappa shape index (κ3) is 2.17. The number of thiophene rings is 1. The van der Waals surface area contributed by atoms with Crippen molar-refractivity contribution < 1.29 is 4.79 Å². The smallest absolute Gasteiger partial charge is 0.265 e. The van der Waals surface area contributed by atoms with Crippen molar-refractivity contribution in [2.45, 2.75) is 89.1 Å². The fourth-order valence-electron chi connectivity index (χ4n) is 6.15. The molecule has 3 nitrogen and oxygen atoms in total. The molecule has 2 aliphatic carbocycles. The lowest BCUT2D eigenvalue weighted by Gasteiger charge is -2.27. The van der Waals surface area contributed by atoms with Crippen LogP contribution in [0.5, 0.6) is 0 Å². The number of pyridine rings is 1. The van der Waals surface area contributed by atoms with Crippen molar-refractivity contribution in [3.63, 3.8) is 0 Å². The minimum absolute atomic E-state index is 0.178. The normalized spacial score (nSPS) is 23.7. The first-order chi connectivity index (χ1) is 12.6. The molecule has 3 heterocycles. The van der Waals surface area contributed by atoms with Crippen LogP contribution in [-0.4, -0.2) is 26.9 Å². The largest absolute Gasteiger partial charge is 0.322 e. The van der Waals surface area contributed by atoms with E-state index in [9.17, 15) is 4.79 Å². The molecule has 0 atom stereocenters. The maximum absolute atomic E-state index is 13.6. The van der Waals surface area contributed by atoms with Crippen LogP contribution in [0.1, 0.15) is 85.1 Å². The van der Waals surface area contributed by atoms with E-state index in [1.807, 2.05) is 6.92 Å². The lowest BCUT2D eigenvalue weighted by Crippen LogP contribution is -2.30. The quantitative estimate of drug-likeness (QED) is 0.598. The summed E-state index contributed by atoms with van der Waals surface area (Å²) in [5.74, 6) is 0.286. The Balaban J connectivity index is 1.54. The van der Waals surface area contributed by atoms with Crippen LogP contribution in [0.2, 0.25) is 0 Å². The molecule has 1 aliphatic heterocycles. The van der Waals surface area contributed by atoms with Crippen molar-refractivity contribution in [3.05, 3.63) is 28.3 Å². The third-order valence-corrected chi connectivity index (χ3v) is 8.31. The van der Waals surface area contributed by atoms with E-state index in [0.29, 0.717) is 0 Å². The van der Waals surface area contributed by atoms with Crippen molar-refractivity contribution in [1.29, 1.82) is 0 Å². The van der Waals surface area contributed by atoms with Crippen molar-refractivity contribution in [3.8, 4) is 0 Å². The molecule has 2 aromatic heterocycles. The summed E-state index contributed by atoms with van der Waals surface area (Å²) in [6, 6.07) is 4.22. The molecule has 5 rings (SSSR count). The zero-order valence-electron chi connectivity index (χ0n) is 15.9. The summed E-state index contributed by atoms with van der Waals surface area (Å²) < 4.78 is 0. The van der Waals surface area contributed by atoms with Gasteiger partial charge in [0.2, 0.25) is 0 Å². The first-order valence-electron chi connectivity index (χ1n) is 10.3. The minimum atomic E-state index is 0.178. The average Bonchev–Trinajstić information content (AvgIpc) is 2.95. The summed E-state index contributed by atoms with van der Waals surface area (Å²) in [5, 5.41) is 1.15. The molecule has 0 aromatic carbocycles. The maximum atomic E-state index is 13.6. The molecule has 0 radical (unpaired) electrons. The fourth-order valence-corrected chi connectivity index (χ4v) is 7.23. The van der Waals surface area contributed by atoms with Crippen LogP contribution in [0.25, 0.3) is 10.2 Å². The summed E-state index contributed by atoms with van der Waals surface area (Å²) in [7, 11) is 0. The third-order valence-electron chi connectivity index (χ3n) is 7.29. The number of carbonyl (C=O) groups is 1. The average molecular weight is 369 g/mol. The highest BCUT2D eigenvalue weighted by Crippen LogP contribution is 2.65. The highest BCUT2D eigenvalue weighted by molar-refractivity contribution is 7.20. The van der Waals surface area contributed by atoms with Gasteiger partial charge >= 0.3 is 0 Å². The van der Waals surface area contributed by atoms with Gasteiger partial charge in [0.05, 0.1) is 16.0 Å². The van der Waals surface area contributed by atoms with Gasteiger partial charge in [-0.25, -0.2) is 4.98 Å². The summed E-state index contributed by atoms with van der Waals surface area (Å²) >= 11 is 1.59. The SMILES string of the molecule is Cc1cc(C)c2cc(C(=O)N3C4(CCCCC4)C34CCCCC4)sc2n1. The van der Waals surface area contributed by atoms with E-state index in [1.54, 1.807) is 11.3 Å². The summed E-state index contributed by atoms with van der Waals surface area (Å²) in [6.45, 7) is 4.16. The lowest BCUT2D eigenvalue weighted by molar-refractivity contribution is 0.0819. The van der Waals surface area contributed by atoms with Crippen molar-refractivity contribution in [1.82, 2.24) is 9.88 Å². The molecule has 2 aromatic rings. The van der Waals surface area contributed by atoms with Crippen LogP contribution < -0.4 is 0 Å². The zero-order chi connectivity index (χ0) is 17.9. The van der Waals surface area contributed by atoms with E-state index in [0.717, 1.165) is 20.8 Å². The van der Waals surface area contributed by atoms with Crippen LogP contribution in [0.3, 0.4) is 0 Å². The number of amides is 1. The standard InChI is InChI=1S/C22H28N2OS/c1-15-13-16(2)23-19-17(15)14-18(26-19)20(25)24-21(9-5-3-6-10-21)22(24)11-7-4-8-12-22/h13-14H,3-12H2,1-2H3. The number of rotatable bonds is 1. The molecule has 2 spiro atoms. The molecule has 1 saturated heterocycles. The molecule has 138 valence electrons.